The minimum Gasteiger partial charge on any atom is -0.462 e. The molecule has 1 aromatic heterocycles. The van der Waals surface area contributed by atoms with Crippen LogP contribution < -0.4 is 5.32 Å². The molecule has 3 aromatic rings. The summed E-state index contributed by atoms with van der Waals surface area (Å²) in [7, 11) is -3.62. The first-order chi connectivity index (χ1) is 18.3. The molecule has 0 radical (unpaired) electrons. The van der Waals surface area contributed by atoms with Gasteiger partial charge in [-0.2, -0.15) is 4.31 Å². The van der Waals surface area contributed by atoms with Crippen molar-refractivity contribution in [3.63, 3.8) is 0 Å². The van der Waals surface area contributed by atoms with Crippen LogP contribution in [0.4, 0.5) is 5.00 Å². The second-order valence-corrected chi connectivity index (χ2v) is 12.0. The number of thiophene rings is 1. The number of esters is 1. The summed E-state index contributed by atoms with van der Waals surface area (Å²) in [5.41, 5.74) is 2.86. The first kappa shape index (κ1) is 30.8. The monoisotopic (exact) mass is 591 g/mol. The molecule has 2 aromatic carbocycles. The Morgan fingerprint density at radius 2 is 1.69 bits per heavy atom. The fourth-order valence-electron chi connectivity index (χ4n) is 4.61. The Balaban J connectivity index is 0.00000420. The summed E-state index contributed by atoms with van der Waals surface area (Å²) in [6.45, 7) is 8.56. The zero-order chi connectivity index (χ0) is 27.3. The molecular weight excluding hydrogens is 558 g/mol. The summed E-state index contributed by atoms with van der Waals surface area (Å²) >= 11 is 1.39. The molecule has 1 aliphatic heterocycles. The van der Waals surface area contributed by atoms with E-state index in [1.807, 2.05) is 18.2 Å². The smallest absolute Gasteiger partial charge is 0.341 e. The highest BCUT2D eigenvalue weighted by Crippen LogP contribution is 2.38. The molecule has 11 heteroatoms. The van der Waals surface area contributed by atoms with Gasteiger partial charge in [-0.1, -0.05) is 44.2 Å². The topological polar surface area (TPSA) is 96.0 Å². The molecule has 0 spiro atoms. The first-order valence-electron chi connectivity index (χ1n) is 12.8. The molecule has 0 aliphatic carbocycles. The summed E-state index contributed by atoms with van der Waals surface area (Å²) in [6, 6.07) is 16.1. The van der Waals surface area contributed by atoms with Crippen LogP contribution in [-0.2, 0) is 34.3 Å². The lowest BCUT2D eigenvalue weighted by molar-refractivity contribution is 0.0526. The molecule has 0 fully saturated rings. The maximum atomic E-state index is 13.1. The minimum absolute atomic E-state index is 0. The van der Waals surface area contributed by atoms with Crippen LogP contribution in [0.5, 0.6) is 0 Å². The Morgan fingerprint density at radius 1 is 1.03 bits per heavy atom. The molecule has 1 N–H and O–H groups in total. The first-order valence-corrected chi connectivity index (χ1v) is 15.0. The van der Waals surface area contributed by atoms with Gasteiger partial charge in [-0.3, -0.25) is 9.69 Å². The van der Waals surface area contributed by atoms with Gasteiger partial charge in [-0.15, -0.1) is 23.7 Å². The lowest BCUT2D eigenvalue weighted by Gasteiger charge is -2.27. The molecule has 1 amide bonds. The molecule has 210 valence electrons. The van der Waals surface area contributed by atoms with Gasteiger partial charge in [0, 0.05) is 43.2 Å². The second-order valence-electron chi connectivity index (χ2n) is 8.94. The molecule has 0 saturated carbocycles. The fraction of sp³-hybridized carbons (Fsp3) is 0.357. The predicted octanol–water partition coefficient (Wildman–Crippen LogP) is 5.19. The molecule has 0 unspecified atom stereocenters. The third-order valence-electron chi connectivity index (χ3n) is 6.55. The average molecular weight is 592 g/mol. The van der Waals surface area contributed by atoms with Gasteiger partial charge in [0.25, 0.3) is 5.91 Å². The zero-order valence-electron chi connectivity index (χ0n) is 22.3. The molecule has 8 nitrogen and oxygen atoms in total. The third-order valence-corrected chi connectivity index (χ3v) is 9.75. The van der Waals surface area contributed by atoms with E-state index in [1.54, 1.807) is 20.8 Å². The Bertz CT molecular complexity index is 1390. The number of amides is 1. The summed E-state index contributed by atoms with van der Waals surface area (Å²) in [6.07, 6.45) is 0.681. The van der Waals surface area contributed by atoms with Crippen LogP contribution in [0.3, 0.4) is 0 Å². The van der Waals surface area contributed by atoms with Crippen LogP contribution in [0.25, 0.3) is 0 Å². The number of anilines is 1. The van der Waals surface area contributed by atoms with Gasteiger partial charge in [0.2, 0.25) is 10.0 Å². The molecule has 1 aliphatic rings. The lowest BCUT2D eigenvalue weighted by Crippen LogP contribution is -2.30. The van der Waals surface area contributed by atoms with Gasteiger partial charge in [0.15, 0.2) is 0 Å². The van der Waals surface area contributed by atoms with E-state index in [2.05, 4.69) is 22.3 Å². The number of carbonyl (C=O) groups is 2. The van der Waals surface area contributed by atoms with E-state index in [0.717, 1.165) is 23.5 Å². The SMILES string of the molecule is CCOC(=O)c1c(NC(=O)c2ccc(S(=O)(=O)N(CC)CC)cc2)sc2c1CCN(Cc1ccccc1)C2.Cl. The number of nitrogens with one attached hydrogen (secondary N) is 1. The van der Waals surface area contributed by atoms with Gasteiger partial charge < -0.3 is 10.1 Å². The van der Waals surface area contributed by atoms with Crippen molar-refractivity contribution in [3.8, 4) is 0 Å². The van der Waals surface area contributed by atoms with E-state index in [-0.39, 0.29) is 23.9 Å². The fourth-order valence-corrected chi connectivity index (χ4v) is 7.34. The summed E-state index contributed by atoms with van der Waals surface area (Å²) in [5, 5.41) is 3.35. The maximum absolute atomic E-state index is 13.1. The van der Waals surface area contributed by atoms with Gasteiger partial charge in [0.1, 0.15) is 5.00 Å². The third kappa shape index (κ3) is 6.88. The number of nitrogens with zero attached hydrogens (tertiary/aromatic N) is 2. The van der Waals surface area contributed by atoms with E-state index in [1.165, 1.54) is 45.5 Å². The van der Waals surface area contributed by atoms with Crippen LogP contribution in [0.15, 0.2) is 59.5 Å². The molecule has 0 bridgehead atoms. The largest absolute Gasteiger partial charge is 0.462 e. The van der Waals surface area contributed by atoms with E-state index in [0.29, 0.717) is 42.2 Å². The van der Waals surface area contributed by atoms with Crippen LogP contribution in [0, 0.1) is 0 Å². The van der Waals surface area contributed by atoms with Crippen molar-refractivity contribution >= 4 is 50.6 Å². The standard InChI is InChI=1S/C28H33N3O5S2.ClH/c1-4-31(5-2)38(34,35)22-14-12-21(13-15-22)26(32)29-27-25(28(33)36-6-3)23-16-17-30(19-24(23)37-27)18-20-10-8-7-9-11-20;/h7-15H,4-6,16-19H2,1-3H3,(H,29,32);1H. The molecule has 39 heavy (non-hydrogen) atoms. The summed E-state index contributed by atoms with van der Waals surface area (Å²) in [5.74, 6) is -0.862. The van der Waals surface area contributed by atoms with Crippen molar-refractivity contribution < 1.29 is 22.7 Å². The molecular formula is C28H34ClN3O5S2. The summed E-state index contributed by atoms with van der Waals surface area (Å²) in [4.78, 5) is 29.5. The normalized spacial score (nSPS) is 13.4. The number of halogens is 1. The highest BCUT2D eigenvalue weighted by atomic mass is 35.5. The van der Waals surface area contributed by atoms with Gasteiger partial charge in [0.05, 0.1) is 17.1 Å². The van der Waals surface area contributed by atoms with Crippen molar-refractivity contribution in [2.75, 3.05) is 31.6 Å². The Hall–Kier alpha value is -2.76. The second kappa shape index (κ2) is 13.5. The molecule has 4 rings (SSSR count). The molecule has 0 atom stereocenters. The Morgan fingerprint density at radius 3 is 2.31 bits per heavy atom. The zero-order valence-corrected chi connectivity index (χ0v) is 24.8. The number of hydrogen-bond acceptors (Lipinski definition) is 7. The minimum atomic E-state index is -3.62. The highest BCUT2D eigenvalue weighted by molar-refractivity contribution is 7.89. The Kier molecular flexibility index (Phi) is 10.7. The average Bonchev–Trinajstić information content (AvgIpc) is 3.27. The van der Waals surface area contributed by atoms with E-state index >= 15 is 0 Å². The number of rotatable bonds is 10. The number of ether oxygens (including phenoxy) is 1. The van der Waals surface area contributed by atoms with Crippen molar-refractivity contribution in [2.45, 2.75) is 45.2 Å². The van der Waals surface area contributed by atoms with E-state index in [9.17, 15) is 18.0 Å². The highest BCUT2D eigenvalue weighted by Gasteiger charge is 2.30. The number of hydrogen-bond donors (Lipinski definition) is 1. The Labute approximate surface area is 240 Å². The molecule has 2 heterocycles. The van der Waals surface area contributed by atoms with Gasteiger partial charge >= 0.3 is 5.97 Å². The van der Waals surface area contributed by atoms with Gasteiger partial charge in [-0.25, -0.2) is 13.2 Å². The quantitative estimate of drug-likeness (QED) is 0.326. The van der Waals surface area contributed by atoms with E-state index in [4.69, 9.17) is 4.74 Å². The van der Waals surface area contributed by atoms with Crippen LogP contribution >= 0.6 is 23.7 Å². The lowest BCUT2D eigenvalue weighted by atomic mass is 10.0. The van der Waals surface area contributed by atoms with Crippen LogP contribution in [0.1, 0.15) is 57.5 Å². The van der Waals surface area contributed by atoms with Crippen LogP contribution in [0.2, 0.25) is 0 Å². The maximum Gasteiger partial charge on any atom is 0.341 e. The van der Waals surface area contributed by atoms with Gasteiger partial charge in [-0.05, 0) is 48.7 Å². The predicted molar refractivity (Wildman–Crippen MR) is 156 cm³/mol. The number of benzene rings is 2. The number of sulfonamides is 1. The summed E-state index contributed by atoms with van der Waals surface area (Å²) < 4.78 is 32.2. The molecule has 0 saturated heterocycles. The van der Waals surface area contributed by atoms with Crippen LogP contribution in [-0.4, -0.2) is 55.7 Å². The van der Waals surface area contributed by atoms with Crippen molar-refractivity contribution in [3.05, 3.63) is 81.7 Å². The number of carbonyl (C=O) groups excluding carboxylic acids is 2. The van der Waals surface area contributed by atoms with Crippen molar-refractivity contribution in [1.82, 2.24) is 9.21 Å². The van der Waals surface area contributed by atoms with Crippen molar-refractivity contribution in [2.24, 2.45) is 0 Å². The van der Waals surface area contributed by atoms with E-state index < -0.39 is 21.9 Å². The number of fused-ring (bicyclic) bond motifs is 1. The van der Waals surface area contributed by atoms with Crippen molar-refractivity contribution in [1.29, 1.82) is 0 Å².